The second kappa shape index (κ2) is 392. The van der Waals surface area contributed by atoms with Crippen LogP contribution in [0.5, 0.6) is 0 Å². The van der Waals surface area contributed by atoms with E-state index in [-0.39, 0.29) is 222 Å². The molecule has 40 N–H and O–H groups in total. The minimum Gasteiger partial charge on any atom is -0.857 e. The van der Waals surface area contributed by atoms with Crippen LogP contribution >= 0.6 is 0 Å². The van der Waals surface area contributed by atoms with Gasteiger partial charge in [0.2, 0.25) is 0 Å². The molecule has 0 aliphatic heterocycles. The summed E-state index contributed by atoms with van der Waals surface area (Å²) in [4.78, 5) is 96.1. The molecular formula is C53H217O43Si9-. The molecule has 0 rings (SSSR count). The summed E-state index contributed by atoms with van der Waals surface area (Å²) < 4.78 is 56.3. The van der Waals surface area contributed by atoms with Gasteiger partial charge in [0.05, 0.1) is 0 Å². The van der Waals surface area contributed by atoms with E-state index in [4.69, 9.17) is 130 Å². The van der Waals surface area contributed by atoms with Gasteiger partial charge in [-0.3, -0.25) is 0 Å². The van der Waals surface area contributed by atoms with Crippen molar-refractivity contribution >= 4 is 86.2 Å². The lowest BCUT2D eigenvalue weighted by molar-refractivity contribution is -0.325. The zero-order chi connectivity index (χ0) is 66.0. The highest BCUT2D eigenvalue weighted by Gasteiger charge is 2.39. The second-order valence-electron chi connectivity index (χ2n) is 8.24. The van der Waals surface area contributed by atoms with E-state index >= 15 is 0 Å². The smallest absolute Gasteiger partial charge is 0.676 e. The van der Waals surface area contributed by atoms with Crippen LogP contribution in [0.25, 0.3) is 0 Å². The van der Waals surface area contributed by atoms with Crippen LogP contribution in [0.2, 0.25) is 13.1 Å². The molecule has 0 saturated heterocycles. The number of aliphatic hydroxyl groups is 8. The Bertz CT molecular complexity index is 669. The van der Waals surface area contributed by atoms with E-state index in [1.807, 2.05) is 34.6 Å². The summed E-state index contributed by atoms with van der Waals surface area (Å²) in [7, 11) is -7.93. The van der Waals surface area contributed by atoms with Gasteiger partial charge in [0.1, 0.15) is 6.79 Å². The molecule has 0 unspecified atom stereocenters. The summed E-state index contributed by atoms with van der Waals surface area (Å²) in [5.41, 5.74) is 0. The van der Waals surface area contributed by atoms with Crippen molar-refractivity contribution in [2.45, 2.75) is 230 Å². The molecule has 0 aromatic heterocycles. The highest BCUT2D eigenvalue weighted by Crippen LogP contribution is 2.04. The fraction of sp³-hybridized carbons (Fsp3) is 1.00. The summed E-state index contributed by atoms with van der Waals surface area (Å²) >= 11 is 0. The first-order valence-corrected chi connectivity index (χ1v) is 37.6. The topological polar surface area (TPSA) is 853 Å². The van der Waals surface area contributed by atoms with Crippen LogP contribution in [0, 0.1) is 0 Å². The molecule has 0 atom stereocenters. The van der Waals surface area contributed by atoms with Crippen molar-refractivity contribution in [2.24, 2.45) is 0 Å². The third-order valence-corrected chi connectivity index (χ3v) is 10.3. The zero-order valence-electron chi connectivity index (χ0n) is 55.7. The van der Waals surface area contributed by atoms with Gasteiger partial charge >= 0.3 is 65.7 Å². The van der Waals surface area contributed by atoms with Crippen molar-refractivity contribution < 1.29 is 212 Å². The summed E-state index contributed by atoms with van der Waals surface area (Å²) in [5.74, 6) is 0. The largest absolute Gasteiger partial charge is 0.857 e. The van der Waals surface area contributed by atoms with Crippen LogP contribution in [0.15, 0.2) is 0 Å². The van der Waals surface area contributed by atoms with Crippen molar-refractivity contribution in [2.75, 3.05) is 143 Å². The first-order valence-electron chi connectivity index (χ1n) is 22.9. The SMILES string of the molecule is C.C.C.C.C.C.C.C.C.C.C.C.C.C.C.C.C.C.C.CCOCO.CCO[SiH2]OCC.CCO[SiH2]OCC.CCO[Si](O)(O)O.CCO[Si](O)(O)OCC.CCO[Si](O)(OCC)OCC.CO.CO.CO.CO.CO.CO.CO.CO[SiH](O)O.C[O-].C[SiH3].C[SiH3].O.O.O.O.O.O.O.O.O.O.O[Si](O)(O)O. The Morgan fingerprint density at radius 1 is 0.295 bits per heavy atom. The van der Waals surface area contributed by atoms with Crippen molar-refractivity contribution in [1.82, 2.24) is 0 Å². The van der Waals surface area contributed by atoms with Gasteiger partial charge in [0.25, 0.3) is 0 Å². The molecule has 43 nitrogen and oxygen atoms in total. The molecule has 0 aliphatic carbocycles. The summed E-state index contributed by atoms with van der Waals surface area (Å²) in [6, 6.07) is 0. The maximum absolute atomic E-state index is 9.48. The molecule has 0 aliphatic rings. The predicted octanol–water partition coefficient (Wildman–Crippen LogP) is -6.87. The van der Waals surface area contributed by atoms with Crippen molar-refractivity contribution in [1.29, 1.82) is 0 Å². The molecule has 724 valence electrons. The molecule has 0 heterocycles. The standard InChI is InChI=1S/C6H16O4Si.C4H12O4Si.2C4H12O2Si.C3H8O2.C2H8O4Si.CH6O3Si.7CH4O.CH3O.2CH6Si.19CH4.H4O4Si.10H2O/c1-4-8-11(7,9-5-2)10-6-3;1-3-7-9(5,6)8-4-2;2*1-3-5-7-6-4-2;1-2-5-3-4;1-2-6-7(3,4)5;1-4-5(2)3;10*1-2;;;;;;;;;;;;;;;;;;;;1-5(2,3)4;;;;;;;;;;/h7H,4-6H2,1-3H3;5-6H,3-4H2,1-2H3;2*3-4,7H2,1-2H3;4H,2-3H2,1H3;3-5H,2H2,1H3;2-3,5H,1H3;7*2H,1H3;1H3;2*1-2H3;19*1H4;1-4H;10*1H2/q;;;;;;;;;;;;;;-1;;;;;;;;;;;;;;;;;;;;;;;;;;;;;;;;. The number of hydrogen-bond donors (Lipinski definition) is 20. The molecular weight excluding hydrogens is 1580 g/mol. The molecule has 0 amide bonds. The number of hydrogen-bond acceptors (Lipinski definition) is 33. The molecule has 105 heavy (non-hydrogen) atoms. The zero-order valence-corrected chi connectivity index (χ0v) is 67.7. The Labute approximate surface area is 669 Å². The first-order chi connectivity index (χ1) is 35.9. The fourth-order valence-electron chi connectivity index (χ4n) is 1.83. The number of aliphatic hydroxyl groups excluding tert-OH is 8. The average molecular weight is 1800 g/mol. The van der Waals surface area contributed by atoms with E-state index in [2.05, 4.69) is 35.5 Å². The van der Waals surface area contributed by atoms with Crippen LogP contribution in [-0.4, -0.2) is 383 Å². The maximum atomic E-state index is 9.48. The fourth-order valence-corrected chi connectivity index (χ4v) is 5.30. The molecule has 0 aromatic rings. The number of ether oxygens (including phenoxy) is 1. The quantitative estimate of drug-likeness (QED) is 0.0257. The molecule has 0 bridgehead atoms. The van der Waals surface area contributed by atoms with E-state index in [1.54, 1.807) is 41.5 Å². The minimum absolute atomic E-state index is 0. The van der Waals surface area contributed by atoms with Crippen molar-refractivity contribution in [3.8, 4) is 0 Å². The van der Waals surface area contributed by atoms with Crippen molar-refractivity contribution in [3.05, 3.63) is 0 Å². The lowest BCUT2D eigenvalue weighted by Gasteiger charge is -2.20. The molecule has 0 aromatic carbocycles. The monoisotopic (exact) mass is 1790 g/mol. The van der Waals surface area contributed by atoms with E-state index in [0.717, 1.165) is 83.3 Å². The third-order valence-electron chi connectivity index (χ3n) is 3.64. The molecule has 0 radical (unpaired) electrons. The molecule has 0 saturated carbocycles. The predicted molar refractivity (Wildman–Crippen MR) is 474 cm³/mol. The van der Waals surface area contributed by atoms with Gasteiger partial charge < -0.3 is 212 Å². The first kappa shape index (κ1) is 337. The van der Waals surface area contributed by atoms with Crippen LogP contribution in [0.1, 0.15) is 217 Å². The Kier molecular flexibility index (Phi) is 1260. The summed E-state index contributed by atoms with van der Waals surface area (Å²) in [6.45, 7) is 29.8. The Hall–Kier alpha value is 0.232. The molecule has 0 spiro atoms. The Morgan fingerprint density at radius 2 is 0.429 bits per heavy atom. The van der Waals surface area contributed by atoms with Gasteiger partial charge in [-0.2, -0.15) is 7.11 Å². The Balaban J connectivity index is -0.00000000761. The average Bonchev–Trinajstić information content (AvgIpc) is 3.41. The molecule has 0 fully saturated rings. The lowest BCUT2D eigenvalue weighted by atomic mass is 10.9. The number of rotatable bonds is 23. The van der Waals surface area contributed by atoms with E-state index in [1.165, 1.54) is 27.6 Å². The Morgan fingerprint density at radius 3 is 0.486 bits per heavy atom. The van der Waals surface area contributed by atoms with E-state index in [9.17, 15) is 4.80 Å². The van der Waals surface area contributed by atoms with Crippen molar-refractivity contribution in [3.63, 3.8) is 0 Å². The van der Waals surface area contributed by atoms with Gasteiger partial charge in [0, 0.05) is 130 Å². The van der Waals surface area contributed by atoms with Crippen LogP contribution < -0.4 is 5.11 Å². The normalized spacial score (nSPS) is 6.40. The van der Waals surface area contributed by atoms with Gasteiger partial charge in [0.15, 0.2) is 0 Å². The van der Waals surface area contributed by atoms with Gasteiger partial charge in [-0.15, -0.1) is 0 Å². The summed E-state index contributed by atoms with van der Waals surface area (Å²) in [5, 5.41) is 65.1. The second-order valence-corrected chi connectivity index (χ2v) is 17.7. The van der Waals surface area contributed by atoms with E-state index < -0.39 is 65.7 Å². The minimum atomic E-state index is -4.61. The highest BCUT2D eigenvalue weighted by atomic mass is 28.4. The van der Waals surface area contributed by atoms with Gasteiger partial charge in [-0.1, -0.05) is 154 Å². The lowest BCUT2D eigenvalue weighted by Crippen LogP contribution is -2.46. The van der Waals surface area contributed by atoms with Crippen LogP contribution in [0.4, 0.5) is 0 Å². The van der Waals surface area contributed by atoms with Gasteiger partial charge in [-0.25, -0.2) is 0 Å². The van der Waals surface area contributed by atoms with Crippen LogP contribution in [-0.2, 0) is 53.4 Å². The van der Waals surface area contributed by atoms with Crippen LogP contribution in [0.3, 0.4) is 0 Å². The van der Waals surface area contributed by atoms with E-state index in [0.29, 0.717) is 26.4 Å². The van der Waals surface area contributed by atoms with Gasteiger partial charge in [-0.05, 0) is 96.6 Å². The molecule has 52 heteroatoms. The third kappa shape index (κ3) is 830. The summed E-state index contributed by atoms with van der Waals surface area (Å²) in [6.07, 6.45) is 0. The highest BCUT2D eigenvalue weighted by molar-refractivity contribution is 6.52. The maximum Gasteiger partial charge on any atom is 0.676 e.